The number of ether oxygens (including phenoxy) is 1. The summed E-state index contributed by atoms with van der Waals surface area (Å²) in [6.45, 7) is 4.39. The molecule has 0 saturated carbocycles. The molecule has 0 N–H and O–H groups in total. The molecule has 1 aromatic rings. The van der Waals surface area contributed by atoms with E-state index in [1.165, 1.54) is 17.5 Å². The first kappa shape index (κ1) is 10.1. The van der Waals surface area contributed by atoms with Crippen LogP contribution >= 0.6 is 0 Å². The summed E-state index contributed by atoms with van der Waals surface area (Å²) < 4.78 is 5.34. The van der Waals surface area contributed by atoms with Gasteiger partial charge in [-0.05, 0) is 30.0 Å². The monoisotopic (exact) mass is 178 g/mol. The molecule has 13 heavy (non-hydrogen) atoms. The molecule has 0 saturated heterocycles. The minimum Gasteiger partial charge on any atom is -0.496 e. The lowest BCUT2D eigenvalue weighted by Gasteiger charge is -2.11. The van der Waals surface area contributed by atoms with Gasteiger partial charge < -0.3 is 4.74 Å². The van der Waals surface area contributed by atoms with Gasteiger partial charge in [-0.25, -0.2) is 0 Å². The summed E-state index contributed by atoms with van der Waals surface area (Å²) in [6.07, 6.45) is 3.38. The van der Waals surface area contributed by atoms with E-state index in [0.717, 1.165) is 18.6 Å². The van der Waals surface area contributed by atoms with Gasteiger partial charge in [0.2, 0.25) is 0 Å². The van der Waals surface area contributed by atoms with Crippen molar-refractivity contribution in [2.75, 3.05) is 7.11 Å². The average Bonchev–Trinajstić information content (AvgIpc) is 2.18. The first-order valence-corrected chi connectivity index (χ1v) is 4.98. The van der Waals surface area contributed by atoms with Crippen molar-refractivity contribution in [3.05, 3.63) is 29.3 Å². The SMILES string of the molecule is CCCc1c(CC)cccc1OC. The zero-order valence-corrected chi connectivity index (χ0v) is 8.76. The van der Waals surface area contributed by atoms with Crippen LogP contribution in [0.5, 0.6) is 5.75 Å². The molecule has 0 heterocycles. The van der Waals surface area contributed by atoms with Crippen LogP contribution in [-0.2, 0) is 12.8 Å². The van der Waals surface area contributed by atoms with Gasteiger partial charge in [0.1, 0.15) is 5.75 Å². The van der Waals surface area contributed by atoms with Crippen LogP contribution < -0.4 is 4.74 Å². The van der Waals surface area contributed by atoms with Crippen LogP contribution in [0.4, 0.5) is 0 Å². The molecule has 0 radical (unpaired) electrons. The molecule has 0 aliphatic heterocycles. The number of hydrogen-bond acceptors (Lipinski definition) is 1. The van der Waals surface area contributed by atoms with Crippen LogP contribution in [0.3, 0.4) is 0 Å². The molecule has 0 amide bonds. The summed E-state index contributed by atoms with van der Waals surface area (Å²) in [5.41, 5.74) is 2.80. The Hall–Kier alpha value is -0.980. The third-order valence-electron chi connectivity index (χ3n) is 2.33. The summed E-state index contributed by atoms with van der Waals surface area (Å²) in [4.78, 5) is 0. The van der Waals surface area contributed by atoms with Crippen molar-refractivity contribution in [3.8, 4) is 5.75 Å². The fourth-order valence-electron chi connectivity index (χ4n) is 1.67. The molecule has 0 aromatic heterocycles. The van der Waals surface area contributed by atoms with E-state index in [1.54, 1.807) is 7.11 Å². The molecule has 0 aliphatic rings. The van der Waals surface area contributed by atoms with Gasteiger partial charge in [0.15, 0.2) is 0 Å². The molecular weight excluding hydrogens is 160 g/mol. The van der Waals surface area contributed by atoms with Crippen molar-refractivity contribution in [1.29, 1.82) is 0 Å². The van der Waals surface area contributed by atoms with E-state index >= 15 is 0 Å². The van der Waals surface area contributed by atoms with E-state index in [1.807, 2.05) is 6.07 Å². The zero-order valence-electron chi connectivity index (χ0n) is 8.76. The Morgan fingerprint density at radius 2 is 2.00 bits per heavy atom. The largest absolute Gasteiger partial charge is 0.496 e. The van der Waals surface area contributed by atoms with Gasteiger partial charge in [-0.2, -0.15) is 0 Å². The predicted octanol–water partition coefficient (Wildman–Crippen LogP) is 3.21. The first-order chi connectivity index (χ1) is 6.33. The molecule has 72 valence electrons. The molecule has 0 aliphatic carbocycles. The summed E-state index contributed by atoms with van der Waals surface area (Å²) in [7, 11) is 1.74. The zero-order chi connectivity index (χ0) is 9.68. The maximum Gasteiger partial charge on any atom is 0.122 e. The van der Waals surface area contributed by atoms with Crippen molar-refractivity contribution in [3.63, 3.8) is 0 Å². The molecule has 1 aromatic carbocycles. The van der Waals surface area contributed by atoms with E-state index < -0.39 is 0 Å². The van der Waals surface area contributed by atoms with Gasteiger partial charge in [-0.15, -0.1) is 0 Å². The minimum atomic E-state index is 1.04. The fraction of sp³-hybridized carbons (Fsp3) is 0.500. The smallest absolute Gasteiger partial charge is 0.122 e. The number of rotatable bonds is 4. The van der Waals surface area contributed by atoms with Crippen molar-refractivity contribution in [1.82, 2.24) is 0 Å². The number of hydrogen-bond donors (Lipinski definition) is 0. The highest BCUT2D eigenvalue weighted by molar-refractivity contribution is 5.40. The van der Waals surface area contributed by atoms with Crippen molar-refractivity contribution in [2.24, 2.45) is 0 Å². The van der Waals surface area contributed by atoms with E-state index in [9.17, 15) is 0 Å². The highest BCUT2D eigenvalue weighted by Gasteiger charge is 2.05. The lowest BCUT2D eigenvalue weighted by Crippen LogP contribution is -1.96. The Balaban J connectivity index is 3.05. The predicted molar refractivity (Wildman–Crippen MR) is 56.4 cm³/mol. The maximum atomic E-state index is 5.34. The van der Waals surface area contributed by atoms with E-state index in [-0.39, 0.29) is 0 Å². The van der Waals surface area contributed by atoms with Crippen LogP contribution in [0.1, 0.15) is 31.4 Å². The van der Waals surface area contributed by atoms with Crippen LogP contribution in [0.25, 0.3) is 0 Å². The molecule has 0 atom stereocenters. The Morgan fingerprint density at radius 1 is 1.23 bits per heavy atom. The Kier molecular flexibility index (Phi) is 3.81. The topological polar surface area (TPSA) is 9.23 Å². The maximum absolute atomic E-state index is 5.34. The van der Waals surface area contributed by atoms with Gasteiger partial charge in [0, 0.05) is 0 Å². The van der Waals surface area contributed by atoms with Gasteiger partial charge in [-0.1, -0.05) is 32.4 Å². The molecule has 0 fully saturated rings. The summed E-state index contributed by atoms with van der Waals surface area (Å²) >= 11 is 0. The molecule has 1 rings (SSSR count). The van der Waals surface area contributed by atoms with E-state index in [4.69, 9.17) is 4.74 Å². The van der Waals surface area contributed by atoms with Gasteiger partial charge in [0.05, 0.1) is 7.11 Å². The molecule has 1 nitrogen and oxygen atoms in total. The van der Waals surface area contributed by atoms with Crippen LogP contribution in [0.2, 0.25) is 0 Å². The number of benzene rings is 1. The number of aryl methyl sites for hydroxylation is 1. The molecule has 1 heteroatoms. The average molecular weight is 178 g/mol. The Morgan fingerprint density at radius 3 is 2.54 bits per heavy atom. The van der Waals surface area contributed by atoms with Crippen molar-refractivity contribution >= 4 is 0 Å². The summed E-state index contributed by atoms with van der Waals surface area (Å²) in [5.74, 6) is 1.04. The third-order valence-corrected chi connectivity index (χ3v) is 2.33. The van der Waals surface area contributed by atoms with Crippen LogP contribution in [-0.4, -0.2) is 7.11 Å². The van der Waals surface area contributed by atoms with E-state index in [0.29, 0.717) is 0 Å². The summed E-state index contributed by atoms with van der Waals surface area (Å²) in [5, 5.41) is 0. The van der Waals surface area contributed by atoms with Crippen LogP contribution in [0.15, 0.2) is 18.2 Å². The molecular formula is C12H18O. The van der Waals surface area contributed by atoms with Gasteiger partial charge >= 0.3 is 0 Å². The van der Waals surface area contributed by atoms with Crippen molar-refractivity contribution < 1.29 is 4.74 Å². The van der Waals surface area contributed by atoms with Crippen LogP contribution in [0, 0.1) is 0 Å². The highest BCUT2D eigenvalue weighted by Crippen LogP contribution is 2.23. The first-order valence-electron chi connectivity index (χ1n) is 4.98. The second kappa shape index (κ2) is 4.90. The Labute approximate surface area is 80.7 Å². The molecule has 0 bridgehead atoms. The lowest BCUT2D eigenvalue weighted by atomic mass is 10.0. The minimum absolute atomic E-state index is 1.04. The van der Waals surface area contributed by atoms with Gasteiger partial charge in [-0.3, -0.25) is 0 Å². The quantitative estimate of drug-likeness (QED) is 0.688. The van der Waals surface area contributed by atoms with Crippen molar-refractivity contribution in [2.45, 2.75) is 33.1 Å². The normalized spacial score (nSPS) is 10.1. The molecule has 0 unspecified atom stereocenters. The van der Waals surface area contributed by atoms with E-state index in [2.05, 4.69) is 26.0 Å². The fourth-order valence-corrected chi connectivity index (χ4v) is 1.67. The van der Waals surface area contributed by atoms with Gasteiger partial charge in [0.25, 0.3) is 0 Å². The lowest BCUT2D eigenvalue weighted by molar-refractivity contribution is 0.408. The summed E-state index contributed by atoms with van der Waals surface area (Å²) in [6, 6.07) is 6.30. The Bertz CT molecular complexity index is 244. The third kappa shape index (κ3) is 2.24. The second-order valence-corrected chi connectivity index (χ2v) is 3.20. The molecule has 0 spiro atoms. The highest BCUT2D eigenvalue weighted by atomic mass is 16.5. The second-order valence-electron chi connectivity index (χ2n) is 3.20. The standard InChI is InChI=1S/C12H18O/c1-4-7-11-10(5-2)8-6-9-12(11)13-3/h6,8-9H,4-5,7H2,1-3H3. The number of methoxy groups -OCH3 is 1.